The van der Waals surface area contributed by atoms with E-state index in [-0.39, 0.29) is 12.4 Å². The average molecular weight is 292 g/mol. The Kier molecular flexibility index (Phi) is 5.32. The lowest BCUT2D eigenvalue weighted by Crippen LogP contribution is -2.26. The van der Waals surface area contributed by atoms with E-state index in [0.29, 0.717) is 11.9 Å². The molecule has 0 amide bonds. The number of nitrogens with one attached hydrogen (secondary N) is 1. The molecule has 0 radical (unpaired) electrons. The second kappa shape index (κ2) is 7.22. The van der Waals surface area contributed by atoms with Crippen LogP contribution in [0.25, 0.3) is 0 Å². The van der Waals surface area contributed by atoms with Crippen LogP contribution in [0.15, 0.2) is 42.7 Å². The highest BCUT2D eigenvalue weighted by atomic mass is 35.5. The van der Waals surface area contributed by atoms with Gasteiger partial charge in [-0.15, -0.1) is 12.4 Å². The van der Waals surface area contributed by atoms with Gasteiger partial charge in [0, 0.05) is 12.4 Å². The van der Waals surface area contributed by atoms with Gasteiger partial charge in [-0.1, -0.05) is 12.1 Å². The zero-order valence-electron chi connectivity index (χ0n) is 11.2. The Morgan fingerprint density at radius 2 is 1.65 bits per heavy atom. The molecule has 1 fully saturated rings. The van der Waals surface area contributed by atoms with E-state index in [4.69, 9.17) is 4.74 Å². The molecular weight excluding hydrogens is 274 g/mol. The van der Waals surface area contributed by atoms with E-state index in [2.05, 4.69) is 27.4 Å². The second-order valence-electron chi connectivity index (χ2n) is 4.73. The minimum absolute atomic E-state index is 0. The fourth-order valence-electron chi connectivity index (χ4n) is 2.41. The minimum atomic E-state index is 0. The molecule has 20 heavy (non-hydrogen) atoms. The van der Waals surface area contributed by atoms with Crippen molar-refractivity contribution in [2.24, 2.45) is 0 Å². The summed E-state index contributed by atoms with van der Waals surface area (Å²) in [5.41, 5.74) is 1.39. The molecule has 1 aliphatic rings. The highest BCUT2D eigenvalue weighted by Gasteiger charge is 2.14. The van der Waals surface area contributed by atoms with Gasteiger partial charge in [0.15, 0.2) is 0 Å². The molecule has 1 N–H and O–H groups in total. The van der Waals surface area contributed by atoms with Crippen LogP contribution in [0.5, 0.6) is 11.8 Å². The number of aromatic nitrogens is 2. The first-order valence-corrected chi connectivity index (χ1v) is 6.67. The zero-order valence-corrected chi connectivity index (χ0v) is 12.0. The van der Waals surface area contributed by atoms with E-state index in [1.165, 1.54) is 18.4 Å². The molecule has 4 nitrogen and oxygen atoms in total. The Labute approximate surface area is 125 Å². The quantitative estimate of drug-likeness (QED) is 0.944. The number of hydrogen-bond acceptors (Lipinski definition) is 4. The largest absolute Gasteiger partial charge is 0.424 e. The van der Waals surface area contributed by atoms with Gasteiger partial charge >= 0.3 is 6.01 Å². The standard InChI is InChI=1S/C15H17N3O.ClH/c1-8-17-15(18-9-1)19-14-4-2-12(3-5-14)13-6-10-16-11-7-13;/h1-5,8-9,13,16H,6-7,10-11H2;1H. The van der Waals surface area contributed by atoms with Crippen LogP contribution in [-0.4, -0.2) is 23.1 Å². The molecule has 0 bridgehead atoms. The van der Waals surface area contributed by atoms with Gasteiger partial charge in [0.25, 0.3) is 0 Å². The van der Waals surface area contributed by atoms with Gasteiger partial charge in [0.2, 0.25) is 0 Å². The summed E-state index contributed by atoms with van der Waals surface area (Å²) in [4.78, 5) is 8.09. The lowest BCUT2D eigenvalue weighted by atomic mass is 9.90. The fourth-order valence-corrected chi connectivity index (χ4v) is 2.41. The SMILES string of the molecule is Cl.c1cnc(Oc2ccc(C3CCNCC3)cc2)nc1. The van der Waals surface area contributed by atoms with Crippen molar-refractivity contribution in [2.75, 3.05) is 13.1 Å². The number of ether oxygens (including phenoxy) is 1. The summed E-state index contributed by atoms with van der Waals surface area (Å²) < 4.78 is 5.59. The second-order valence-corrected chi connectivity index (χ2v) is 4.73. The summed E-state index contributed by atoms with van der Waals surface area (Å²) in [6.07, 6.45) is 5.77. The van der Waals surface area contributed by atoms with Crippen LogP contribution in [0, 0.1) is 0 Å². The molecule has 0 unspecified atom stereocenters. The summed E-state index contributed by atoms with van der Waals surface area (Å²) in [7, 11) is 0. The fraction of sp³-hybridized carbons (Fsp3) is 0.333. The number of rotatable bonds is 3. The maximum atomic E-state index is 5.59. The van der Waals surface area contributed by atoms with Gasteiger partial charge in [0.05, 0.1) is 0 Å². The summed E-state index contributed by atoms with van der Waals surface area (Å²) >= 11 is 0. The van der Waals surface area contributed by atoms with E-state index in [9.17, 15) is 0 Å². The minimum Gasteiger partial charge on any atom is -0.424 e. The van der Waals surface area contributed by atoms with Crippen molar-refractivity contribution in [3.05, 3.63) is 48.3 Å². The van der Waals surface area contributed by atoms with Gasteiger partial charge in [-0.05, 0) is 55.6 Å². The monoisotopic (exact) mass is 291 g/mol. The predicted molar refractivity (Wildman–Crippen MR) is 80.6 cm³/mol. The summed E-state index contributed by atoms with van der Waals surface area (Å²) in [6.45, 7) is 2.22. The maximum Gasteiger partial charge on any atom is 0.321 e. The first-order valence-electron chi connectivity index (χ1n) is 6.67. The van der Waals surface area contributed by atoms with E-state index < -0.39 is 0 Å². The van der Waals surface area contributed by atoms with Crippen LogP contribution >= 0.6 is 12.4 Å². The van der Waals surface area contributed by atoms with Crippen molar-refractivity contribution in [1.82, 2.24) is 15.3 Å². The van der Waals surface area contributed by atoms with Gasteiger partial charge in [-0.3, -0.25) is 0 Å². The third-order valence-electron chi connectivity index (χ3n) is 3.44. The highest BCUT2D eigenvalue weighted by molar-refractivity contribution is 5.85. The number of benzene rings is 1. The van der Waals surface area contributed by atoms with Crippen molar-refractivity contribution in [3.63, 3.8) is 0 Å². The smallest absolute Gasteiger partial charge is 0.321 e. The Hall–Kier alpha value is -1.65. The molecule has 3 rings (SSSR count). The van der Waals surface area contributed by atoms with Crippen molar-refractivity contribution < 1.29 is 4.74 Å². The molecule has 106 valence electrons. The third kappa shape index (κ3) is 3.68. The number of piperidine rings is 1. The van der Waals surface area contributed by atoms with Crippen LogP contribution in [0.1, 0.15) is 24.3 Å². The van der Waals surface area contributed by atoms with E-state index in [1.807, 2.05) is 12.1 Å². The lowest BCUT2D eigenvalue weighted by Gasteiger charge is -2.23. The molecule has 1 saturated heterocycles. The predicted octanol–water partition coefficient (Wildman–Crippen LogP) is 3.16. The molecule has 2 aromatic rings. The maximum absolute atomic E-state index is 5.59. The molecule has 2 heterocycles. The van der Waals surface area contributed by atoms with Crippen molar-refractivity contribution in [1.29, 1.82) is 0 Å². The van der Waals surface area contributed by atoms with E-state index in [0.717, 1.165) is 18.8 Å². The number of halogens is 1. The molecule has 1 aliphatic heterocycles. The number of nitrogens with zero attached hydrogens (tertiary/aromatic N) is 2. The van der Waals surface area contributed by atoms with Crippen LogP contribution in [-0.2, 0) is 0 Å². The first kappa shape index (κ1) is 14.8. The normalized spacial score (nSPS) is 15.4. The van der Waals surface area contributed by atoms with E-state index >= 15 is 0 Å². The summed E-state index contributed by atoms with van der Waals surface area (Å²) in [5, 5.41) is 3.39. The van der Waals surface area contributed by atoms with Gasteiger partial charge in [-0.25, -0.2) is 9.97 Å². The number of hydrogen-bond donors (Lipinski definition) is 1. The van der Waals surface area contributed by atoms with Crippen molar-refractivity contribution in [2.45, 2.75) is 18.8 Å². The summed E-state index contributed by atoms with van der Waals surface area (Å²) in [5.74, 6) is 1.45. The average Bonchev–Trinajstić information content (AvgIpc) is 2.50. The molecular formula is C15H18ClN3O. The molecule has 5 heteroatoms. The van der Waals surface area contributed by atoms with Crippen molar-refractivity contribution in [3.8, 4) is 11.8 Å². The van der Waals surface area contributed by atoms with Crippen LogP contribution in [0.4, 0.5) is 0 Å². The zero-order chi connectivity index (χ0) is 12.9. The molecule has 0 spiro atoms. The Balaban J connectivity index is 0.00000147. The third-order valence-corrected chi connectivity index (χ3v) is 3.44. The Bertz CT molecular complexity index is 512. The molecule has 0 saturated carbocycles. The van der Waals surface area contributed by atoms with Gasteiger partial charge < -0.3 is 10.1 Å². The lowest BCUT2D eigenvalue weighted by molar-refractivity contribution is 0.439. The molecule has 0 aliphatic carbocycles. The Morgan fingerprint density at radius 1 is 1.00 bits per heavy atom. The summed E-state index contributed by atoms with van der Waals surface area (Å²) in [6, 6.07) is 10.4. The van der Waals surface area contributed by atoms with Gasteiger partial charge in [0.1, 0.15) is 5.75 Å². The topological polar surface area (TPSA) is 47.0 Å². The van der Waals surface area contributed by atoms with Crippen molar-refractivity contribution >= 4 is 12.4 Å². The van der Waals surface area contributed by atoms with Gasteiger partial charge in [-0.2, -0.15) is 0 Å². The highest BCUT2D eigenvalue weighted by Crippen LogP contribution is 2.27. The Morgan fingerprint density at radius 3 is 2.30 bits per heavy atom. The first-order chi connectivity index (χ1) is 9.42. The van der Waals surface area contributed by atoms with Crippen LogP contribution < -0.4 is 10.1 Å². The molecule has 1 aromatic heterocycles. The van der Waals surface area contributed by atoms with Crippen LogP contribution in [0.3, 0.4) is 0 Å². The molecule has 1 aromatic carbocycles. The molecule has 0 atom stereocenters. The van der Waals surface area contributed by atoms with Crippen LogP contribution in [0.2, 0.25) is 0 Å². The van der Waals surface area contributed by atoms with E-state index in [1.54, 1.807) is 18.5 Å².